The van der Waals surface area contributed by atoms with E-state index in [9.17, 15) is 19.2 Å². The van der Waals surface area contributed by atoms with Crippen molar-refractivity contribution < 1.29 is 33.4 Å². The summed E-state index contributed by atoms with van der Waals surface area (Å²) in [5, 5.41) is 0. The van der Waals surface area contributed by atoms with Gasteiger partial charge in [-0.2, -0.15) is 0 Å². The van der Waals surface area contributed by atoms with Crippen molar-refractivity contribution >= 4 is 23.5 Å². The van der Waals surface area contributed by atoms with E-state index in [1.807, 2.05) is 0 Å². The lowest BCUT2D eigenvalue weighted by Crippen LogP contribution is -2.21. The average molecular weight is 415 g/mol. The van der Waals surface area contributed by atoms with E-state index in [-0.39, 0.29) is 23.5 Å². The van der Waals surface area contributed by atoms with E-state index in [0.717, 1.165) is 0 Å². The summed E-state index contributed by atoms with van der Waals surface area (Å²) in [5.41, 5.74) is 1.86. The number of benzene rings is 1. The molecule has 160 valence electrons. The number of nitrogens with one attached hydrogen (secondary N) is 1. The Morgan fingerprint density at radius 3 is 2.07 bits per heavy atom. The Hall–Kier alpha value is -3.42. The lowest BCUT2D eigenvalue weighted by atomic mass is 10.1. The molecule has 0 radical (unpaired) electrons. The van der Waals surface area contributed by atoms with Crippen LogP contribution in [-0.4, -0.2) is 48.3 Å². The number of ketones is 2. The van der Waals surface area contributed by atoms with Crippen LogP contribution in [-0.2, 0) is 14.3 Å². The number of Topliss-reactive ketones (excluding diaryl/α,β-unsaturated/α-hetero) is 2. The maximum Gasteiger partial charge on any atom is 0.344 e. The molecule has 0 spiro atoms. The lowest BCUT2D eigenvalue weighted by molar-refractivity contribution is -0.144. The topological polar surface area (TPSA) is 112 Å². The third-order valence-corrected chi connectivity index (χ3v) is 4.35. The molecule has 8 nitrogen and oxygen atoms in total. The van der Waals surface area contributed by atoms with Crippen LogP contribution >= 0.6 is 0 Å². The van der Waals surface area contributed by atoms with Gasteiger partial charge >= 0.3 is 11.9 Å². The summed E-state index contributed by atoms with van der Waals surface area (Å²) in [7, 11) is 0. The van der Waals surface area contributed by atoms with Crippen LogP contribution in [0.15, 0.2) is 24.3 Å². The molecule has 1 aromatic heterocycles. The maximum absolute atomic E-state index is 12.5. The zero-order valence-corrected chi connectivity index (χ0v) is 17.5. The molecule has 0 fully saturated rings. The molecule has 0 aliphatic heterocycles. The van der Waals surface area contributed by atoms with Gasteiger partial charge in [-0.25, -0.2) is 9.59 Å². The van der Waals surface area contributed by atoms with Crippen LogP contribution in [0.5, 0.6) is 5.75 Å². The quantitative estimate of drug-likeness (QED) is 0.468. The van der Waals surface area contributed by atoms with Crippen LogP contribution in [0, 0.1) is 13.8 Å². The van der Waals surface area contributed by atoms with E-state index in [1.165, 1.54) is 0 Å². The fourth-order valence-corrected chi connectivity index (χ4v) is 2.93. The second-order valence-electron chi connectivity index (χ2n) is 6.52. The Kier molecular flexibility index (Phi) is 7.91. The first-order valence-corrected chi connectivity index (χ1v) is 9.59. The van der Waals surface area contributed by atoms with E-state index in [4.69, 9.17) is 14.2 Å². The van der Waals surface area contributed by atoms with Crippen LogP contribution in [0.25, 0.3) is 0 Å². The highest BCUT2D eigenvalue weighted by Gasteiger charge is 2.26. The third kappa shape index (κ3) is 5.56. The predicted molar refractivity (Wildman–Crippen MR) is 108 cm³/mol. The number of aryl methyl sites for hydroxylation is 2. The number of aromatic amines is 1. The molecule has 0 saturated carbocycles. The van der Waals surface area contributed by atoms with Gasteiger partial charge in [-0.1, -0.05) is 6.92 Å². The first kappa shape index (κ1) is 22.9. The molecule has 2 rings (SSSR count). The van der Waals surface area contributed by atoms with Crippen LogP contribution in [0.2, 0.25) is 0 Å². The van der Waals surface area contributed by atoms with Gasteiger partial charge in [0.15, 0.2) is 19.0 Å². The second-order valence-corrected chi connectivity index (χ2v) is 6.52. The van der Waals surface area contributed by atoms with Gasteiger partial charge in [0.05, 0.1) is 17.7 Å². The Morgan fingerprint density at radius 2 is 1.47 bits per heavy atom. The van der Waals surface area contributed by atoms with Gasteiger partial charge in [0.1, 0.15) is 5.75 Å². The van der Waals surface area contributed by atoms with E-state index >= 15 is 0 Å². The summed E-state index contributed by atoms with van der Waals surface area (Å²) in [6, 6.07) is 6.39. The molecule has 1 heterocycles. The third-order valence-electron chi connectivity index (χ3n) is 4.35. The minimum Gasteiger partial charge on any atom is -0.482 e. The molecule has 0 aliphatic carbocycles. The second kappa shape index (κ2) is 10.4. The Bertz CT molecular complexity index is 941. The van der Waals surface area contributed by atoms with Crippen molar-refractivity contribution in [2.75, 3.05) is 19.8 Å². The minimum atomic E-state index is -0.736. The Morgan fingerprint density at radius 1 is 0.833 bits per heavy atom. The van der Waals surface area contributed by atoms with Crippen molar-refractivity contribution in [3.05, 3.63) is 52.3 Å². The van der Waals surface area contributed by atoms with Gasteiger partial charge in [-0.05, 0) is 45.0 Å². The van der Waals surface area contributed by atoms with Crippen LogP contribution in [0.4, 0.5) is 0 Å². The highest BCUT2D eigenvalue weighted by molar-refractivity contribution is 6.09. The standard InChI is InChI=1S/C22H25NO7/c1-5-17(24)15-7-9-16(10-8-15)29-12-19(26)30-11-18(25)20-13(3)23-14(4)21(20)22(27)28-6-2/h7-10,23H,5-6,11-12H2,1-4H3. The van der Waals surface area contributed by atoms with E-state index < -0.39 is 30.9 Å². The molecule has 1 aromatic carbocycles. The van der Waals surface area contributed by atoms with Crippen molar-refractivity contribution in [2.45, 2.75) is 34.1 Å². The predicted octanol–water partition coefficient (Wildman–Crippen LogP) is 3.21. The molecule has 2 aromatic rings. The SMILES string of the molecule is CCOC(=O)c1c(C)[nH]c(C)c1C(=O)COC(=O)COc1ccc(C(=O)CC)cc1. The fourth-order valence-electron chi connectivity index (χ4n) is 2.93. The molecular formula is C22H25NO7. The van der Waals surface area contributed by atoms with Gasteiger partial charge in [-0.3, -0.25) is 9.59 Å². The summed E-state index contributed by atoms with van der Waals surface area (Å²) >= 11 is 0. The van der Waals surface area contributed by atoms with E-state index in [1.54, 1.807) is 52.0 Å². The molecule has 1 N–H and O–H groups in total. The van der Waals surface area contributed by atoms with Crippen molar-refractivity contribution in [3.8, 4) is 5.75 Å². The number of carbonyl (C=O) groups is 4. The smallest absolute Gasteiger partial charge is 0.344 e. The lowest BCUT2D eigenvalue weighted by Gasteiger charge is -2.08. The number of hydrogen-bond acceptors (Lipinski definition) is 7. The Balaban J connectivity index is 1.93. The molecular weight excluding hydrogens is 390 g/mol. The number of esters is 2. The van der Waals surface area contributed by atoms with Crippen molar-refractivity contribution in [3.63, 3.8) is 0 Å². The van der Waals surface area contributed by atoms with E-state index in [0.29, 0.717) is 29.1 Å². The van der Waals surface area contributed by atoms with Crippen LogP contribution < -0.4 is 4.74 Å². The maximum atomic E-state index is 12.5. The van der Waals surface area contributed by atoms with Gasteiger partial charge < -0.3 is 19.2 Å². The number of H-pyrrole nitrogens is 1. The summed E-state index contributed by atoms with van der Waals surface area (Å²) in [5.74, 6) is -1.46. The molecule has 0 bridgehead atoms. The number of aromatic nitrogens is 1. The first-order chi connectivity index (χ1) is 14.3. The number of rotatable bonds is 10. The van der Waals surface area contributed by atoms with Gasteiger partial charge in [-0.15, -0.1) is 0 Å². The highest BCUT2D eigenvalue weighted by Crippen LogP contribution is 2.20. The minimum absolute atomic E-state index is 0.0111. The van der Waals surface area contributed by atoms with Crippen LogP contribution in [0.3, 0.4) is 0 Å². The summed E-state index contributed by atoms with van der Waals surface area (Å²) in [4.78, 5) is 51.2. The monoisotopic (exact) mass is 415 g/mol. The van der Waals surface area contributed by atoms with Crippen LogP contribution in [0.1, 0.15) is 62.7 Å². The molecule has 0 amide bonds. The summed E-state index contributed by atoms with van der Waals surface area (Å²) in [6.45, 7) is 6.01. The number of carbonyl (C=O) groups excluding carboxylic acids is 4. The molecule has 8 heteroatoms. The van der Waals surface area contributed by atoms with Gasteiger partial charge in [0.25, 0.3) is 0 Å². The molecule has 0 aliphatic rings. The van der Waals surface area contributed by atoms with Gasteiger partial charge in [0.2, 0.25) is 5.78 Å². The molecule has 30 heavy (non-hydrogen) atoms. The fraction of sp³-hybridized carbons (Fsp3) is 0.364. The summed E-state index contributed by atoms with van der Waals surface area (Å²) < 4.78 is 15.3. The van der Waals surface area contributed by atoms with Gasteiger partial charge in [0, 0.05) is 23.4 Å². The molecule has 0 unspecified atom stereocenters. The molecule has 0 saturated heterocycles. The Labute approximate surface area is 174 Å². The highest BCUT2D eigenvalue weighted by atomic mass is 16.6. The number of hydrogen-bond donors (Lipinski definition) is 1. The normalized spacial score (nSPS) is 10.4. The largest absolute Gasteiger partial charge is 0.482 e. The first-order valence-electron chi connectivity index (χ1n) is 9.59. The average Bonchev–Trinajstić information content (AvgIpc) is 3.04. The van der Waals surface area contributed by atoms with Crippen molar-refractivity contribution in [1.29, 1.82) is 0 Å². The van der Waals surface area contributed by atoms with E-state index in [2.05, 4.69) is 4.98 Å². The zero-order chi connectivity index (χ0) is 22.3. The molecule has 0 atom stereocenters. The zero-order valence-electron chi connectivity index (χ0n) is 17.5. The summed E-state index contributed by atoms with van der Waals surface area (Å²) in [6.07, 6.45) is 0.401. The van der Waals surface area contributed by atoms with Crippen molar-refractivity contribution in [2.24, 2.45) is 0 Å². The number of ether oxygens (including phenoxy) is 3. The van der Waals surface area contributed by atoms with Crippen molar-refractivity contribution in [1.82, 2.24) is 4.98 Å².